The molecule has 1 N–H and O–H groups in total. The van der Waals surface area contributed by atoms with Crippen LogP contribution in [0, 0.1) is 20.8 Å². The van der Waals surface area contributed by atoms with Crippen molar-refractivity contribution in [1.82, 2.24) is 9.97 Å². The Hall–Kier alpha value is -1.61. The summed E-state index contributed by atoms with van der Waals surface area (Å²) >= 11 is 5.82. The van der Waals surface area contributed by atoms with Crippen molar-refractivity contribution in [2.24, 2.45) is 0 Å². The van der Waals surface area contributed by atoms with E-state index in [-0.39, 0.29) is 5.28 Å². The van der Waals surface area contributed by atoms with Crippen molar-refractivity contribution >= 4 is 23.1 Å². The fourth-order valence-electron chi connectivity index (χ4n) is 1.79. The molecule has 1 aromatic carbocycles. The highest BCUT2D eigenvalue weighted by atomic mass is 35.5. The molecule has 0 unspecified atom stereocenters. The number of benzene rings is 1. The van der Waals surface area contributed by atoms with Crippen LogP contribution in [0.25, 0.3) is 0 Å². The summed E-state index contributed by atoms with van der Waals surface area (Å²) in [5.41, 5.74) is 4.28. The van der Waals surface area contributed by atoms with Crippen LogP contribution in [-0.4, -0.2) is 9.97 Å². The molecular weight excluding hydrogens is 234 g/mol. The van der Waals surface area contributed by atoms with Gasteiger partial charge in [0.05, 0.1) is 0 Å². The SMILES string of the molecule is Cc1cc(C)cc(Nc2cc(C)nc(Cl)n2)c1. The lowest BCUT2D eigenvalue weighted by Gasteiger charge is -2.08. The van der Waals surface area contributed by atoms with Gasteiger partial charge in [-0.25, -0.2) is 9.97 Å². The summed E-state index contributed by atoms with van der Waals surface area (Å²) in [6, 6.07) is 8.13. The van der Waals surface area contributed by atoms with E-state index in [1.54, 1.807) is 0 Å². The lowest BCUT2D eigenvalue weighted by Crippen LogP contribution is -1.97. The van der Waals surface area contributed by atoms with Crippen molar-refractivity contribution in [2.75, 3.05) is 5.32 Å². The largest absolute Gasteiger partial charge is 0.340 e. The lowest BCUT2D eigenvalue weighted by atomic mass is 10.1. The summed E-state index contributed by atoms with van der Waals surface area (Å²) < 4.78 is 0. The van der Waals surface area contributed by atoms with Crippen LogP contribution in [0.1, 0.15) is 16.8 Å². The Morgan fingerprint density at radius 2 is 1.59 bits per heavy atom. The second-order valence-electron chi connectivity index (χ2n) is 4.16. The third-order valence-corrected chi connectivity index (χ3v) is 2.49. The molecule has 1 aromatic heterocycles. The number of nitrogens with zero attached hydrogens (tertiary/aromatic N) is 2. The average Bonchev–Trinajstić information content (AvgIpc) is 2.13. The quantitative estimate of drug-likeness (QED) is 0.821. The highest BCUT2D eigenvalue weighted by Crippen LogP contribution is 2.19. The van der Waals surface area contributed by atoms with Gasteiger partial charge >= 0.3 is 0 Å². The topological polar surface area (TPSA) is 37.8 Å². The molecule has 0 saturated carbocycles. The van der Waals surface area contributed by atoms with Crippen LogP contribution in [0.15, 0.2) is 24.3 Å². The van der Waals surface area contributed by atoms with Crippen molar-refractivity contribution in [1.29, 1.82) is 0 Å². The maximum Gasteiger partial charge on any atom is 0.224 e. The Morgan fingerprint density at radius 1 is 0.941 bits per heavy atom. The number of aryl methyl sites for hydroxylation is 3. The minimum absolute atomic E-state index is 0.261. The summed E-state index contributed by atoms with van der Waals surface area (Å²) in [6.45, 7) is 6.02. The van der Waals surface area contributed by atoms with Gasteiger partial charge in [0.15, 0.2) is 0 Å². The molecule has 1 heterocycles. The molecule has 17 heavy (non-hydrogen) atoms. The van der Waals surface area contributed by atoms with Gasteiger partial charge < -0.3 is 5.32 Å². The molecule has 0 atom stereocenters. The van der Waals surface area contributed by atoms with E-state index in [4.69, 9.17) is 11.6 Å². The Balaban J connectivity index is 2.31. The average molecular weight is 248 g/mol. The minimum Gasteiger partial charge on any atom is -0.340 e. The van der Waals surface area contributed by atoms with Gasteiger partial charge in [-0.15, -0.1) is 0 Å². The zero-order valence-corrected chi connectivity index (χ0v) is 10.8. The summed E-state index contributed by atoms with van der Waals surface area (Å²) in [7, 11) is 0. The fourth-order valence-corrected chi connectivity index (χ4v) is 2.02. The van der Waals surface area contributed by atoms with Crippen LogP contribution >= 0.6 is 11.6 Å². The van der Waals surface area contributed by atoms with Gasteiger partial charge in [-0.1, -0.05) is 6.07 Å². The van der Waals surface area contributed by atoms with Gasteiger partial charge in [-0.3, -0.25) is 0 Å². The summed E-state index contributed by atoms with van der Waals surface area (Å²) in [5, 5.41) is 3.49. The zero-order valence-electron chi connectivity index (χ0n) is 10.1. The van der Waals surface area contributed by atoms with Crippen molar-refractivity contribution in [2.45, 2.75) is 20.8 Å². The van der Waals surface area contributed by atoms with Crippen molar-refractivity contribution in [3.05, 3.63) is 46.4 Å². The molecule has 0 amide bonds. The van der Waals surface area contributed by atoms with Crippen LogP contribution in [-0.2, 0) is 0 Å². The van der Waals surface area contributed by atoms with Gasteiger partial charge in [-0.2, -0.15) is 0 Å². The maximum absolute atomic E-state index is 5.82. The molecule has 0 bridgehead atoms. The molecule has 88 valence electrons. The first kappa shape index (κ1) is 11.9. The van der Waals surface area contributed by atoms with E-state index in [0.29, 0.717) is 5.82 Å². The smallest absolute Gasteiger partial charge is 0.224 e. The number of hydrogen-bond donors (Lipinski definition) is 1. The third-order valence-electron chi connectivity index (χ3n) is 2.32. The second-order valence-corrected chi connectivity index (χ2v) is 4.50. The highest BCUT2D eigenvalue weighted by Gasteiger charge is 2.01. The number of hydrogen-bond acceptors (Lipinski definition) is 3. The van der Waals surface area contributed by atoms with E-state index in [1.807, 2.05) is 13.0 Å². The molecule has 2 rings (SSSR count). The Labute approximate surface area is 106 Å². The van der Waals surface area contributed by atoms with Crippen LogP contribution in [0.5, 0.6) is 0 Å². The molecule has 3 nitrogen and oxygen atoms in total. The zero-order chi connectivity index (χ0) is 12.4. The molecule has 0 saturated heterocycles. The maximum atomic E-state index is 5.82. The summed E-state index contributed by atoms with van der Waals surface area (Å²) in [4.78, 5) is 8.16. The molecule has 0 radical (unpaired) electrons. The van der Waals surface area contributed by atoms with E-state index >= 15 is 0 Å². The van der Waals surface area contributed by atoms with E-state index < -0.39 is 0 Å². The van der Waals surface area contributed by atoms with Gasteiger partial charge in [-0.05, 0) is 55.6 Å². The van der Waals surface area contributed by atoms with E-state index in [1.165, 1.54) is 11.1 Å². The molecule has 0 fully saturated rings. The van der Waals surface area contributed by atoms with E-state index in [2.05, 4.69) is 47.3 Å². The predicted octanol–water partition coefficient (Wildman–Crippen LogP) is 3.80. The molecular formula is C13H14ClN3. The molecule has 0 aliphatic rings. The standard InChI is InChI=1S/C13H14ClN3/c1-8-4-9(2)6-11(5-8)16-12-7-10(3)15-13(14)17-12/h4-7H,1-3H3,(H,15,16,17). The lowest BCUT2D eigenvalue weighted by molar-refractivity contribution is 1.10. The Morgan fingerprint density at radius 3 is 2.18 bits per heavy atom. The van der Waals surface area contributed by atoms with Crippen molar-refractivity contribution in [3.63, 3.8) is 0 Å². The third kappa shape index (κ3) is 3.17. The number of halogens is 1. The number of aromatic nitrogens is 2. The fraction of sp³-hybridized carbons (Fsp3) is 0.231. The highest BCUT2D eigenvalue weighted by molar-refractivity contribution is 6.28. The van der Waals surface area contributed by atoms with Gasteiger partial charge in [0.2, 0.25) is 5.28 Å². The molecule has 0 spiro atoms. The first-order valence-electron chi connectivity index (χ1n) is 5.39. The number of rotatable bonds is 2. The summed E-state index contributed by atoms with van der Waals surface area (Å²) in [5.74, 6) is 0.715. The molecule has 4 heteroatoms. The van der Waals surface area contributed by atoms with Gasteiger partial charge in [0.1, 0.15) is 5.82 Å². The van der Waals surface area contributed by atoms with Gasteiger partial charge in [0, 0.05) is 17.4 Å². The van der Waals surface area contributed by atoms with E-state index in [9.17, 15) is 0 Å². The van der Waals surface area contributed by atoms with Crippen molar-refractivity contribution in [3.8, 4) is 0 Å². The minimum atomic E-state index is 0.261. The van der Waals surface area contributed by atoms with Crippen LogP contribution in [0.4, 0.5) is 11.5 Å². The van der Waals surface area contributed by atoms with Crippen LogP contribution in [0.2, 0.25) is 5.28 Å². The molecule has 0 aliphatic heterocycles. The van der Waals surface area contributed by atoms with Crippen LogP contribution < -0.4 is 5.32 Å². The Bertz CT molecular complexity index is 462. The normalized spacial score (nSPS) is 10.4. The predicted molar refractivity (Wildman–Crippen MR) is 71.0 cm³/mol. The Kier molecular flexibility index (Phi) is 3.29. The number of anilines is 2. The molecule has 2 aromatic rings. The monoisotopic (exact) mass is 247 g/mol. The first-order valence-corrected chi connectivity index (χ1v) is 5.77. The molecule has 0 aliphatic carbocycles. The first-order chi connectivity index (χ1) is 8.02. The number of nitrogens with one attached hydrogen (secondary N) is 1. The van der Waals surface area contributed by atoms with Crippen molar-refractivity contribution < 1.29 is 0 Å². The second kappa shape index (κ2) is 4.72. The van der Waals surface area contributed by atoms with Gasteiger partial charge in [0.25, 0.3) is 0 Å². The van der Waals surface area contributed by atoms with E-state index in [0.717, 1.165) is 11.4 Å². The summed E-state index contributed by atoms with van der Waals surface area (Å²) in [6.07, 6.45) is 0. The van der Waals surface area contributed by atoms with Crippen LogP contribution in [0.3, 0.4) is 0 Å².